The molecule has 0 radical (unpaired) electrons. The molecule has 2 aromatic carbocycles. The summed E-state index contributed by atoms with van der Waals surface area (Å²) in [5.74, 6) is 1.11. The Bertz CT molecular complexity index is 585. The Morgan fingerprint density at radius 1 is 0.950 bits per heavy atom. The molecule has 0 spiro atoms. The molecule has 0 bridgehead atoms. The Hall–Kier alpha value is -1.15. The van der Waals surface area contributed by atoms with Gasteiger partial charge in [0.1, 0.15) is 12.5 Å². The van der Waals surface area contributed by atoms with Crippen LogP contribution in [0.25, 0.3) is 10.8 Å². The molecule has 0 amide bonds. The highest BCUT2D eigenvalue weighted by Crippen LogP contribution is 2.34. The Kier molecular flexibility index (Phi) is 4.21. The van der Waals surface area contributed by atoms with E-state index < -0.39 is 0 Å². The third-order valence-electron chi connectivity index (χ3n) is 4.10. The molecule has 1 nitrogen and oxygen atoms in total. The zero-order valence-electron chi connectivity index (χ0n) is 12.4. The minimum Gasteiger partial charge on any atom is -0.485 e. The molecule has 0 unspecified atom stereocenters. The van der Waals surface area contributed by atoms with Crippen LogP contribution < -0.4 is 4.74 Å². The predicted octanol–water partition coefficient (Wildman–Crippen LogP) is 4.79. The molecule has 20 heavy (non-hydrogen) atoms. The zero-order chi connectivity index (χ0) is 13.9. The van der Waals surface area contributed by atoms with Gasteiger partial charge in [-0.05, 0) is 43.2 Å². The first-order chi connectivity index (χ1) is 9.75. The molecule has 1 aliphatic rings. The van der Waals surface area contributed by atoms with Crippen LogP contribution in [-0.4, -0.2) is 18.6 Å². The van der Waals surface area contributed by atoms with Crippen LogP contribution in [-0.2, 0) is 10.9 Å². The van der Waals surface area contributed by atoms with Crippen LogP contribution in [0.1, 0.15) is 32.1 Å². The van der Waals surface area contributed by atoms with Crippen molar-refractivity contribution < 1.29 is 4.74 Å². The van der Waals surface area contributed by atoms with Crippen LogP contribution >= 0.6 is 0 Å². The van der Waals surface area contributed by atoms with Gasteiger partial charge in [0.25, 0.3) is 0 Å². The molecule has 0 saturated heterocycles. The zero-order valence-corrected chi connectivity index (χ0v) is 13.2. The highest BCUT2D eigenvalue weighted by atomic mass is 32.2. The summed E-state index contributed by atoms with van der Waals surface area (Å²) in [5, 5.41) is 2.67. The molecule has 1 saturated carbocycles. The van der Waals surface area contributed by atoms with E-state index in [-0.39, 0.29) is 10.9 Å². The molecule has 2 aromatic rings. The van der Waals surface area contributed by atoms with Crippen molar-refractivity contribution in [3.63, 3.8) is 0 Å². The van der Waals surface area contributed by atoms with Crippen LogP contribution in [0.3, 0.4) is 0 Å². The number of hydrogen-bond donors (Lipinski definition) is 0. The number of fused-ring (bicyclic) bond motifs is 1. The van der Waals surface area contributed by atoms with Gasteiger partial charge >= 0.3 is 0 Å². The topological polar surface area (TPSA) is 9.23 Å². The molecule has 106 valence electrons. The van der Waals surface area contributed by atoms with Gasteiger partial charge in [0, 0.05) is 16.3 Å². The van der Waals surface area contributed by atoms with Crippen LogP contribution in [0.2, 0.25) is 0 Å². The van der Waals surface area contributed by atoms with E-state index in [9.17, 15) is 0 Å². The first-order valence-electron chi connectivity index (χ1n) is 7.51. The fourth-order valence-electron chi connectivity index (χ4n) is 3.10. The maximum atomic E-state index is 6.36. The van der Waals surface area contributed by atoms with Gasteiger partial charge in [0.05, 0.1) is 6.10 Å². The van der Waals surface area contributed by atoms with Crippen molar-refractivity contribution in [1.29, 1.82) is 0 Å². The van der Waals surface area contributed by atoms with E-state index in [1.54, 1.807) is 0 Å². The summed E-state index contributed by atoms with van der Waals surface area (Å²) in [6.45, 7) is 0. The van der Waals surface area contributed by atoms with Crippen molar-refractivity contribution in [2.45, 2.75) is 43.1 Å². The second-order valence-electron chi connectivity index (χ2n) is 5.81. The SMILES string of the molecule is C[S+](C)c1c(OC2CCCCC2)ccc2ccccc12. The fourth-order valence-corrected chi connectivity index (χ4v) is 4.24. The first-order valence-corrected chi connectivity index (χ1v) is 9.56. The van der Waals surface area contributed by atoms with E-state index in [4.69, 9.17) is 4.74 Å². The van der Waals surface area contributed by atoms with Gasteiger partial charge < -0.3 is 4.74 Å². The minimum absolute atomic E-state index is 0.206. The van der Waals surface area contributed by atoms with E-state index in [1.807, 2.05) is 0 Å². The van der Waals surface area contributed by atoms with Crippen LogP contribution in [0, 0.1) is 0 Å². The largest absolute Gasteiger partial charge is 0.485 e. The van der Waals surface area contributed by atoms with Gasteiger partial charge in [-0.1, -0.05) is 30.7 Å². The molecule has 2 heteroatoms. The van der Waals surface area contributed by atoms with Gasteiger partial charge in [-0.15, -0.1) is 0 Å². The Morgan fingerprint density at radius 3 is 2.45 bits per heavy atom. The molecule has 1 fully saturated rings. The van der Waals surface area contributed by atoms with Crippen LogP contribution in [0.5, 0.6) is 5.75 Å². The summed E-state index contributed by atoms with van der Waals surface area (Å²) in [6.07, 6.45) is 11.4. The summed E-state index contributed by atoms with van der Waals surface area (Å²) in [5.41, 5.74) is 0. The second-order valence-corrected chi connectivity index (χ2v) is 7.85. The van der Waals surface area contributed by atoms with Crippen molar-refractivity contribution in [3.8, 4) is 5.75 Å². The minimum atomic E-state index is 0.206. The third-order valence-corrected chi connectivity index (χ3v) is 5.34. The number of benzene rings is 2. The van der Waals surface area contributed by atoms with E-state index in [0.717, 1.165) is 5.75 Å². The van der Waals surface area contributed by atoms with Crippen molar-refractivity contribution in [3.05, 3.63) is 36.4 Å². The highest BCUT2D eigenvalue weighted by Gasteiger charge is 2.23. The van der Waals surface area contributed by atoms with Gasteiger partial charge in [0.15, 0.2) is 5.75 Å². The summed E-state index contributed by atoms with van der Waals surface area (Å²) >= 11 is 0. The van der Waals surface area contributed by atoms with Crippen LogP contribution in [0.4, 0.5) is 0 Å². The summed E-state index contributed by atoms with van der Waals surface area (Å²) in [6, 6.07) is 13.0. The Labute approximate surface area is 124 Å². The first kappa shape index (κ1) is 13.8. The molecule has 3 rings (SSSR count). The summed E-state index contributed by atoms with van der Waals surface area (Å²) < 4.78 is 6.36. The van der Waals surface area contributed by atoms with Crippen LogP contribution in [0.15, 0.2) is 41.3 Å². The predicted molar refractivity (Wildman–Crippen MR) is 88.9 cm³/mol. The molecule has 0 N–H and O–H groups in total. The average Bonchev–Trinajstić information content (AvgIpc) is 2.47. The molecular formula is C18H23OS+. The fraction of sp³-hybridized carbons (Fsp3) is 0.444. The van der Waals surface area contributed by atoms with E-state index in [0.29, 0.717) is 6.10 Å². The lowest BCUT2D eigenvalue weighted by Gasteiger charge is -2.23. The Balaban J connectivity index is 1.98. The molecular weight excluding hydrogens is 264 g/mol. The van der Waals surface area contributed by atoms with Gasteiger partial charge in [-0.3, -0.25) is 0 Å². The third kappa shape index (κ3) is 2.80. The lowest BCUT2D eigenvalue weighted by atomic mass is 9.98. The summed E-state index contributed by atoms with van der Waals surface area (Å²) in [4.78, 5) is 1.40. The summed E-state index contributed by atoms with van der Waals surface area (Å²) in [7, 11) is 0.206. The molecule has 0 aromatic heterocycles. The average molecular weight is 287 g/mol. The lowest BCUT2D eigenvalue weighted by molar-refractivity contribution is 0.151. The van der Waals surface area contributed by atoms with Crippen molar-refractivity contribution in [2.75, 3.05) is 12.5 Å². The van der Waals surface area contributed by atoms with E-state index in [1.165, 1.54) is 47.8 Å². The smallest absolute Gasteiger partial charge is 0.204 e. The van der Waals surface area contributed by atoms with Crippen molar-refractivity contribution in [1.82, 2.24) is 0 Å². The van der Waals surface area contributed by atoms with E-state index in [2.05, 4.69) is 48.9 Å². The number of ether oxygens (including phenoxy) is 1. The molecule has 0 heterocycles. The highest BCUT2D eigenvalue weighted by molar-refractivity contribution is 7.95. The molecule has 0 atom stereocenters. The van der Waals surface area contributed by atoms with E-state index >= 15 is 0 Å². The standard InChI is InChI=1S/C18H23OS/c1-20(2)18-16-11-7-6-8-14(16)12-13-17(18)19-15-9-4-3-5-10-15/h6-8,11-13,15H,3-5,9-10H2,1-2H3/q+1. The van der Waals surface area contributed by atoms with Gasteiger partial charge in [0.2, 0.25) is 4.90 Å². The Morgan fingerprint density at radius 2 is 1.70 bits per heavy atom. The number of hydrogen-bond acceptors (Lipinski definition) is 1. The maximum Gasteiger partial charge on any atom is 0.204 e. The number of rotatable bonds is 3. The van der Waals surface area contributed by atoms with Crippen molar-refractivity contribution in [2.24, 2.45) is 0 Å². The van der Waals surface area contributed by atoms with Gasteiger partial charge in [-0.25, -0.2) is 0 Å². The molecule has 1 aliphatic carbocycles. The van der Waals surface area contributed by atoms with Crippen molar-refractivity contribution >= 4 is 21.7 Å². The van der Waals surface area contributed by atoms with Gasteiger partial charge in [-0.2, -0.15) is 0 Å². The second kappa shape index (κ2) is 6.09. The monoisotopic (exact) mass is 287 g/mol. The maximum absolute atomic E-state index is 6.36. The normalized spacial score (nSPS) is 16.8. The quantitative estimate of drug-likeness (QED) is 0.738. The molecule has 0 aliphatic heterocycles. The lowest BCUT2D eigenvalue weighted by Crippen LogP contribution is -2.20.